The monoisotopic (exact) mass is 300 g/mol. The Morgan fingerprint density at radius 1 is 0.909 bits per heavy atom. The summed E-state index contributed by atoms with van der Waals surface area (Å²) in [6.07, 6.45) is 1.75. The summed E-state index contributed by atoms with van der Waals surface area (Å²) in [5, 5.41) is 6.22. The van der Waals surface area contributed by atoms with Crippen LogP contribution in [0, 0.1) is 0 Å². The van der Waals surface area contributed by atoms with Crippen molar-refractivity contribution in [2.24, 2.45) is 5.10 Å². The summed E-state index contributed by atoms with van der Waals surface area (Å²) in [6.45, 7) is 0. The minimum absolute atomic E-state index is 0.568. The lowest BCUT2D eigenvalue weighted by Gasteiger charge is -2.14. The fraction of sp³-hybridized carbons (Fsp3) is 0.235. The number of anilines is 1. The van der Waals surface area contributed by atoms with Crippen molar-refractivity contribution in [3.63, 3.8) is 0 Å². The highest BCUT2D eigenvalue weighted by Crippen LogP contribution is 2.37. The molecule has 0 heterocycles. The Bertz CT molecular complexity index is 617. The third kappa shape index (κ3) is 3.49. The highest BCUT2D eigenvalue weighted by atomic mass is 16.5. The second kappa shape index (κ2) is 7.36. The Morgan fingerprint density at radius 2 is 1.50 bits per heavy atom. The summed E-state index contributed by atoms with van der Waals surface area (Å²) in [5.74, 6) is 1.77. The molecule has 0 saturated heterocycles. The van der Waals surface area contributed by atoms with Crippen molar-refractivity contribution in [1.29, 1.82) is 0 Å². The number of benzene rings is 2. The van der Waals surface area contributed by atoms with Gasteiger partial charge in [-0.3, -0.25) is 5.01 Å². The van der Waals surface area contributed by atoms with Crippen molar-refractivity contribution in [3.8, 4) is 17.2 Å². The summed E-state index contributed by atoms with van der Waals surface area (Å²) in [6, 6.07) is 13.6. The number of rotatable bonds is 6. The number of hydrazone groups is 1. The van der Waals surface area contributed by atoms with E-state index in [-0.39, 0.29) is 0 Å². The zero-order valence-electron chi connectivity index (χ0n) is 13.2. The molecule has 0 N–H and O–H groups in total. The minimum atomic E-state index is 0.568. The van der Waals surface area contributed by atoms with E-state index in [9.17, 15) is 0 Å². The van der Waals surface area contributed by atoms with E-state index < -0.39 is 0 Å². The van der Waals surface area contributed by atoms with Crippen molar-refractivity contribution < 1.29 is 14.2 Å². The minimum Gasteiger partial charge on any atom is -0.493 e. The van der Waals surface area contributed by atoms with Crippen LogP contribution in [0.15, 0.2) is 47.6 Å². The summed E-state index contributed by atoms with van der Waals surface area (Å²) in [5.41, 5.74) is 1.86. The van der Waals surface area contributed by atoms with Crippen LogP contribution in [0.2, 0.25) is 0 Å². The van der Waals surface area contributed by atoms with Crippen LogP contribution in [0.5, 0.6) is 17.2 Å². The van der Waals surface area contributed by atoms with Gasteiger partial charge in [0.2, 0.25) is 5.75 Å². The maximum absolute atomic E-state index is 5.33. The smallest absolute Gasteiger partial charge is 0.203 e. The van der Waals surface area contributed by atoms with Crippen molar-refractivity contribution in [2.75, 3.05) is 33.4 Å². The predicted octanol–water partition coefficient (Wildman–Crippen LogP) is 3.18. The predicted molar refractivity (Wildman–Crippen MR) is 88.5 cm³/mol. The first-order chi connectivity index (χ1) is 10.7. The van der Waals surface area contributed by atoms with E-state index in [1.807, 2.05) is 49.5 Å². The largest absolute Gasteiger partial charge is 0.493 e. The zero-order valence-corrected chi connectivity index (χ0v) is 13.2. The third-order valence-corrected chi connectivity index (χ3v) is 3.20. The second-order valence-corrected chi connectivity index (χ2v) is 4.56. The Kier molecular flexibility index (Phi) is 5.25. The van der Waals surface area contributed by atoms with Gasteiger partial charge in [-0.15, -0.1) is 0 Å². The summed E-state index contributed by atoms with van der Waals surface area (Å²) < 4.78 is 16.0. The molecule has 0 unspecified atom stereocenters. The maximum Gasteiger partial charge on any atom is 0.203 e. The topological polar surface area (TPSA) is 43.3 Å². The van der Waals surface area contributed by atoms with Crippen molar-refractivity contribution in [2.45, 2.75) is 0 Å². The van der Waals surface area contributed by atoms with Gasteiger partial charge in [-0.25, -0.2) is 0 Å². The highest BCUT2D eigenvalue weighted by Gasteiger charge is 2.12. The fourth-order valence-electron chi connectivity index (χ4n) is 2.04. The Balaban J connectivity index is 2.27. The van der Waals surface area contributed by atoms with Gasteiger partial charge in [0.1, 0.15) is 0 Å². The highest BCUT2D eigenvalue weighted by molar-refractivity contribution is 5.83. The third-order valence-electron chi connectivity index (χ3n) is 3.20. The SMILES string of the molecule is COc1cc(C=NN(C)c2ccccc2)cc(OC)c1OC. The van der Waals surface area contributed by atoms with Gasteiger partial charge in [0.15, 0.2) is 11.5 Å². The summed E-state index contributed by atoms with van der Waals surface area (Å²) >= 11 is 0. The quantitative estimate of drug-likeness (QED) is 0.607. The van der Waals surface area contributed by atoms with Crippen molar-refractivity contribution in [3.05, 3.63) is 48.0 Å². The van der Waals surface area contributed by atoms with E-state index >= 15 is 0 Å². The van der Waals surface area contributed by atoms with Gasteiger partial charge < -0.3 is 14.2 Å². The van der Waals surface area contributed by atoms with Crippen molar-refractivity contribution >= 4 is 11.9 Å². The first-order valence-electron chi connectivity index (χ1n) is 6.82. The number of hydrogen-bond donors (Lipinski definition) is 0. The van der Waals surface area contributed by atoms with Gasteiger partial charge in [0.25, 0.3) is 0 Å². The lowest BCUT2D eigenvalue weighted by Crippen LogP contribution is -2.08. The number of hydrogen-bond acceptors (Lipinski definition) is 5. The van der Waals surface area contributed by atoms with Crippen LogP contribution in [0.4, 0.5) is 5.69 Å². The zero-order chi connectivity index (χ0) is 15.9. The van der Waals surface area contributed by atoms with Crippen LogP contribution in [-0.2, 0) is 0 Å². The average Bonchev–Trinajstić information content (AvgIpc) is 2.59. The summed E-state index contributed by atoms with van der Waals surface area (Å²) in [7, 11) is 6.66. The van der Waals surface area contributed by atoms with E-state index in [0.717, 1.165) is 11.3 Å². The molecular formula is C17H20N2O3. The van der Waals surface area contributed by atoms with E-state index in [2.05, 4.69) is 5.10 Å². The van der Waals surface area contributed by atoms with Gasteiger partial charge in [-0.2, -0.15) is 5.10 Å². The molecule has 0 aromatic heterocycles. The van der Waals surface area contributed by atoms with E-state index in [1.165, 1.54) is 0 Å². The molecule has 0 bridgehead atoms. The lowest BCUT2D eigenvalue weighted by molar-refractivity contribution is 0.324. The van der Waals surface area contributed by atoms with E-state index in [4.69, 9.17) is 14.2 Å². The maximum atomic E-state index is 5.33. The van der Waals surface area contributed by atoms with E-state index in [1.54, 1.807) is 32.6 Å². The second-order valence-electron chi connectivity index (χ2n) is 4.56. The van der Waals surface area contributed by atoms with Gasteiger partial charge in [0, 0.05) is 12.6 Å². The molecule has 0 radical (unpaired) electrons. The standard InChI is InChI=1S/C17H20N2O3/c1-19(14-8-6-5-7-9-14)18-12-13-10-15(20-2)17(22-4)16(11-13)21-3/h5-12H,1-4H3. The average molecular weight is 300 g/mol. The molecule has 0 spiro atoms. The van der Waals surface area contributed by atoms with Crippen LogP contribution in [0.3, 0.4) is 0 Å². The van der Waals surface area contributed by atoms with Crippen LogP contribution < -0.4 is 19.2 Å². The number of nitrogens with zero attached hydrogens (tertiary/aromatic N) is 2. The fourth-order valence-corrected chi connectivity index (χ4v) is 2.04. The Hall–Kier alpha value is -2.69. The van der Waals surface area contributed by atoms with Gasteiger partial charge in [0.05, 0.1) is 33.2 Å². The molecule has 116 valence electrons. The number of methoxy groups -OCH3 is 3. The van der Waals surface area contributed by atoms with Gasteiger partial charge in [-0.05, 0) is 24.3 Å². The van der Waals surface area contributed by atoms with Crippen LogP contribution in [0.25, 0.3) is 0 Å². The summed E-state index contributed by atoms with van der Waals surface area (Å²) in [4.78, 5) is 0. The molecule has 0 aliphatic rings. The molecule has 5 heteroatoms. The van der Waals surface area contributed by atoms with Crippen molar-refractivity contribution in [1.82, 2.24) is 0 Å². The molecule has 0 aliphatic heterocycles. The number of ether oxygens (including phenoxy) is 3. The normalized spacial score (nSPS) is 10.5. The van der Waals surface area contributed by atoms with Gasteiger partial charge >= 0.3 is 0 Å². The van der Waals surface area contributed by atoms with Crippen LogP contribution in [0.1, 0.15) is 5.56 Å². The van der Waals surface area contributed by atoms with Crippen LogP contribution >= 0.6 is 0 Å². The molecule has 0 amide bonds. The molecule has 2 rings (SSSR count). The molecular weight excluding hydrogens is 280 g/mol. The molecule has 0 atom stereocenters. The molecule has 22 heavy (non-hydrogen) atoms. The van der Waals surface area contributed by atoms with Crippen LogP contribution in [-0.4, -0.2) is 34.6 Å². The van der Waals surface area contributed by atoms with E-state index in [0.29, 0.717) is 17.2 Å². The van der Waals surface area contributed by atoms with Gasteiger partial charge in [-0.1, -0.05) is 18.2 Å². The first kappa shape index (κ1) is 15.7. The number of para-hydroxylation sites is 1. The molecule has 2 aromatic rings. The molecule has 5 nitrogen and oxygen atoms in total. The lowest BCUT2D eigenvalue weighted by atomic mass is 10.2. The molecule has 0 saturated carbocycles. The Morgan fingerprint density at radius 3 is 2.00 bits per heavy atom. The Labute approximate surface area is 130 Å². The molecule has 0 fully saturated rings. The molecule has 2 aromatic carbocycles. The molecule has 0 aliphatic carbocycles. The first-order valence-corrected chi connectivity index (χ1v) is 6.82.